The van der Waals surface area contributed by atoms with Crippen LogP contribution in [0.3, 0.4) is 0 Å². The predicted molar refractivity (Wildman–Crippen MR) is 117 cm³/mol. The highest BCUT2D eigenvalue weighted by Crippen LogP contribution is 2.35. The number of aromatic nitrogens is 3. The maximum Gasteiger partial charge on any atom is 0.250 e. The van der Waals surface area contributed by atoms with Crippen LogP contribution in [0.5, 0.6) is 5.75 Å². The second kappa shape index (κ2) is 8.53. The summed E-state index contributed by atoms with van der Waals surface area (Å²) in [6.45, 7) is 1.92. The Kier molecular flexibility index (Phi) is 5.64. The Bertz CT molecular complexity index is 1250. The molecule has 0 aliphatic heterocycles. The van der Waals surface area contributed by atoms with E-state index in [1.807, 2.05) is 19.1 Å². The second-order valence-electron chi connectivity index (χ2n) is 7.04. The van der Waals surface area contributed by atoms with E-state index in [1.54, 1.807) is 24.4 Å². The number of H-pyrrole nitrogens is 1. The molecule has 7 nitrogen and oxygen atoms in total. The number of amides is 1. The number of pyridine rings is 1. The average Bonchev–Trinajstić information content (AvgIpc) is 3.24. The Morgan fingerprint density at radius 1 is 1.16 bits per heavy atom. The van der Waals surface area contributed by atoms with Gasteiger partial charge in [0.25, 0.3) is 0 Å². The highest BCUT2D eigenvalue weighted by molar-refractivity contribution is 5.98. The number of hydrogen-bond donors (Lipinski definition) is 2. The van der Waals surface area contributed by atoms with Crippen LogP contribution in [-0.4, -0.2) is 41.9 Å². The summed E-state index contributed by atoms with van der Waals surface area (Å²) in [6.07, 6.45) is 1.70. The van der Waals surface area contributed by atoms with Gasteiger partial charge in [-0.15, -0.1) is 0 Å². The van der Waals surface area contributed by atoms with Crippen LogP contribution in [0.25, 0.3) is 33.4 Å². The van der Waals surface area contributed by atoms with Crippen molar-refractivity contribution in [1.29, 1.82) is 0 Å². The van der Waals surface area contributed by atoms with E-state index in [9.17, 15) is 9.18 Å². The number of nitrogens with one attached hydrogen (secondary N) is 2. The van der Waals surface area contributed by atoms with Crippen LogP contribution in [0.15, 0.2) is 48.7 Å². The maximum absolute atomic E-state index is 13.3. The summed E-state index contributed by atoms with van der Waals surface area (Å²) in [6, 6.07) is 11.8. The van der Waals surface area contributed by atoms with Crippen LogP contribution < -0.4 is 10.1 Å². The van der Waals surface area contributed by atoms with Gasteiger partial charge < -0.3 is 14.8 Å². The third kappa shape index (κ3) is 4.10. The molecule has 0 atom stereocenters. The van der Waals surface area contributed by atoms with Crippen molar-refractivity contribution in [2.45, 2.75) is 6.92 Å². The van der Waals surface area contributed by atoms with E-state index >= 15 is 0 Å². The van der Waals surface area contributed by atoms with Crippen LogP contribution in [0.2, 0.25) is 0 Å². The quantitative estimate of drug-likeness (QED) is 0.485. The fourth-order valence-corrected chi connectivity index (χ4v) is 3.46. The number of benzene rings is 2. The molecule has 8 heteroatoms. The minimum atomic E-state index is -0.301. The predicted octanol–water partition coefficient (Wildman–Crippen LogP) is 4.33. The van der Waals surface area contributed by atoms with Crippen LogP contribution in [0.4, 0.5) is 10.1 Å². The molecule has 0 radical (unpaired) electrons. The molecular formula is C23H21FN4O3. The van der Waals surface area contributed by atoms with Crippen LogP contribution in [0, 0.1) is 12.7 Å². The van der Waals surface area contributed by atoms with Crippen molar-refractivity contribution in [2.75, 3.05) is 26.1 Å². The van der Waals surface area contributed by atoms with Gasteiger partial charge in [0.05, 0.1) is 35.9 Å². The smallest absolute Gasteiger partial charge is 0.250 e. The van der Waals surface area contributed by atoms with Gasteiger partial charge >= 0.3 is 0 Å². The fraction of sp³-hybridized carbons (Fsp3) is 0.174. The highest BCUT2D eigenvalue weighted by atomic mass is 19.1. The Labute approximate surface area is 178 Å². The van der Waals surface area contributed by atoms with Gasteiger partial charge in [0.15, 0.2) is 0 Å². The maximum atomic E-state index is 13.3. The molecule has 0 bridgehead atoms. The van der Waals surface area contributed by atoms with Crippen LogP contribution >= 0.6 is 0 Å². The number of ether oxygens (including phenoxy) is 2. The summed E-state index contributed by atoms with van der Waals surface area (Å²) in [5.41, 5.74) is 5.30. The summed E-state index contributed by atoms with van der Waals surface area (Å²) in [7, 11) is 3.00. The molecule has 0 unspecified atom stereocenters. The van der Waals surface area contributed by atoms with E-state index in [-0.39, 0.29) is 18.3 Å². The fourth-order valence-electron chi connectivity index (χ4n) is 3.46. The molecule has 2 heterocycles. The van der Waals surface area contributed by atoms with Crippen LogP contribution in [-0.2, 0) is 9.53 Å². The molecule has 0 saturated carbocycles. The van der Waals surface area contributed by atoms with Gasteiger partial charge in [-0.3, -0.25) is 9.89 Å². The van der Waals surface area contributed by atoms with Gasteiger partial charge in [-0.1, -0.05) is 0 Å². The number of carbonyl (C=O) groups is 1. The highest BCUT2D eigenvalue weighted by Gasteiger charge is 2.16. The monoisotopic (exact) mass is 420 g/mol. The van der Waals surface area contributed by atoms with E-state index in [0.29, 0.717) is 17.0 Å². The Hall–Kier alpha value is -3.78. The van der Waals surface area contributed by atoms with Crippen LogP contribution in [0.1, 0.15) is 5.56 Å². The first-order valence-electron chi connectivity index (χ1n) is 9.58. The molecule has 0 aliphatic rings. The minimum absolute atomic E-state index is 0.0516. The standard InChI is InChI=1S/C23H21FN4O3/c1-13-8-18(17-11-25-28-23(17)14-4-6-15(24)7-5-14)26-19-10-21(31-3)20(9-16(13)19)27-22(29)12-30-2/h4-11H,12H2,1-3H3,(H,25,28)(H,27,29). The van der Waals surface area contributed by atoms with Gasteiger partial charge in [0.2, 0.25) is 5.91 Å². The lowest BCUT2D eigenvalue weighted by Crippen LogP contribution is -2.17. The first-order chi connectivity index (χ1) is 15.0. The third-order valence-electron chi connectivity index (χ3n) is 4.93. The number of aromatic amines is 1. The molecule has 31 heavy (non-hydrogen) atoms. The van der Waals surface area contributed by atoms with Crippen molar-refractivity contribution in [2.24, 2.45) is 0 Å². The molecule has 0 fully saturated rings. The lowest BCUT2D eigenvalue weighted by molar-refractivity contribution is -0.119. The third-order valence-corrected chi connectivity index (χ3v) is 4.93. The largest absolute Gasteiger partial charge is 0.494 e. The second-order valence-corrected chi connectivity index (χ2v) is 7.04. The molecule has 2 aromatic heterocycles. The van der Waals surface area contributed by atoms with Gasteiger partial charge in [-0.2, -0.15) is 5.10 Å². The van der Waals surface area contributed by atoms with Crippen molar-refractivity contribution >= 4 is 22.5 Å². The zero-order valence-electron chi connectivity index (χ0n) is 17.3. The molecule has 0 spiro atoms. The van der Waals surface area contributed by atoms with Crippen molar-refractivity contribution in [3.05, 3.63) is 60.0 Å². The average molecular weight is 420 g/mol. The summed E-state index contributed by atoms with van der Waals surface area (Å²) in [4.78, 5) is 16.8. The number of rotatable bonds is 6. The summed E-state index contributed by atoms with van der Waals surface area (Å²) < 4.78 is 23.7. The van der Waals surface area contributed by atoms with Gasteiger partial charge in [-0.05, 0) is 48.9 Å². The lowest BCUT2D eigenvalue weighted by atomic mass is 10.0. The number of methoxy groups -OCH3 is 2. The molecule has 4 aromatic rings. The van der Waals surface area contributed by atoms with E-state index in [0.717, 1.165) is 33.5 Å². The van der Waals surface area contributed by atoms with E-state index < -0.39 is 0 Å². The van der Waals surface area contributed by atoms with E-state index in [2.05, 4.69) is 15.5 Å². The number of aryl methyl sites for hydroxylation is 1. The number of carbonyl (C=O) groups excluding carboxylic acids is 1. The van der Waals surface area contributed by atoms with Crippen molar-refractivity contribution in [1.82, 2.24) is 15.2 Å². The lowest BCUT2D eigenvalue weighted by Gasteiger charge is -2.13. The molecule has 0 saturated heterocycles. The Morgan fingerprint density at radius 2 is 1.94 bits per heavy atom. The summed E-state index contributed by atoms with van der Waals surface area (Å²) in [5.74, 6) is -0.0818. The van der Waals surface area contributed by atoms with E-state index in [1.165, 1.54) is 26.4 Å². The summed E-state index contributed by atoms with van der Waals surface area (Å²) >= 11 is 0. The number of hydrogen-bond acceptors (Lipinski definition) is 5. The molecule has 2 N–H and O–H groups in total. The SMILES string of the molecule is COCC(=O)Nc1cc2c(C)cc(-c3cn[nH]c3-c3ccc(F)cc3)nc2cc1OC. The number of fused-ring (bicyclic) bond motifs is 1. The zero-order valence-corrected chi connectivity index (χ0v) is 17.3. The Balaban J connectivity index is 1.79. The molecule has 2 aromatic carbocycles. The minimum Gasteiger partial charge on any atom is -0.494 e. The number of nitrogens with zero attached hydrogens (tertiary/aromatic N) is 2. The molecule has 1 amide bonds. The molecule has 4 rings (SSSR count). The molecule has 0 aliphatic carbocycles. The molecule has 158 valence electrons. The Morgan fingerprint density at radius 3 is 2.65 bits per heavy atom. The first kappa shape index (κ1) is 20.5. The molecular weight excluding hydrogens is 399 g/mol. The van der Waals surface area contributed by atoms with Gasteiger partial charge in [0, 0.05) is 29.7 Å². The topological polar surface area (TPSA) is 89.1 Å². The van der Waals surface area contributed by atoms with Gasteiger partial charge in [0.1, 0.15) is 18.2 Å². The van der Waals surface area contributed by atoms with Crippen molar-refractivity contribution in [3.63, 3.8) is 0 Å². The summed E-state index contributed by atoms with van der Waals surface area (Å²) in [5, 5.41) is 10.8. The van der Waals surface area contributed by atoms with Gasteiger partial charge in [-0.25, -0.2) is 9.37 Å². The number of anilines is 1. The van der Waals surface area contributed by atoms with E-state index in [4.69, 9.17) is 14.5 Å². The van der Waals surface area contributed by atoms with Crippen molar-refractivity contribution < 1.29 is 18.7 Å². The normalized spacial score (nSPS) is 11.0. The zero-order chi connectivity index (χ0) is 22.0. The van der Waals surface area contributed by atoms with Crippen molar-refractivity contribution in [3.8, 4) is 28.3 Å². The first-order valence-corrected chi connectivity index (χ1v) is 9.58. The number of halogens is 1.